The minimum atomic E-state index is -0.387. The molecule has 2 heterocycles. The molecular weight excluding hydrogens is 380 g/mol. The SMILES string of the molecule is CC1(CC2CCN(C(=O)C3=CC=CC3)CC2)SC(C[C@H]2C[C@@H]3CC[C@H]2C3)=NC1=O. The fraction of sp³-hybridized carbons (Fsp3) is 0.708. The van der Waals surface area contributed by atoms with E-state index in [9.17, 15) is 9.59 Å². The Morgan fingerprint density at radius 3 is 2.72 bits per heavy atom. The first-order valence-corrected chi connectivity index (χ1v) is 12.3. The van der Waals surface area contributed by atoms with Crippen molar-refractivity contribution in [2.75, 3.05) is 13.1 Å². The number of piperidine rings is 1. The van der Waals surface area contributed by atoms with E-state index in [1.165, 1.54) is 25.7 Å². The minimum Gasteiger partial charge on any atom is -0.339 e. The van der Waals surface area contributed by atoms with Crippen molar-refractivity contribution in [3.05, 3.63) is 23.8 Å². The molecule has 2 aliphatic heterocycles. The number of likely N-dealkylation sites (tertiary alicyclic amines) is 1. The Labute approximate surface area is 178 Å². The molecule has 5 rings (SSSR count). The van der Waals surface area contributed by atoms with Gasteiger partial charge in [0.25, 0.3) is 5.91 Å². The summed E-state index contributed by atoms with van der Waals surface area (Å²) in [5.74, 6) is 3.39. The molecule has 2 saturated carbocycles. The average Bonchev–Trinajstić information content (AvgIpc) is 3.48. The maximum Gasteiger partial charge on any atom is 0.262 e. The highest BCUT2D eigenvalue weighted by molar-refractivity contribution is 8.16. The third kappa shape index (κ3) is 3.87. The van der Waals surface area contributed by atoms with Gasteiger partial charge in [-0.25, -0.2) is 4.99 Å². The summed E-state index contributed by atoms with van der Waals surface area (Å²) in [7, 11) is 0. The molecule has 2 bridgehead atoms. The highest BCUT2D eigenvalue weighted by atomic mass is 32.2. The van der Waals surface area contributed by atoms with E-state index in [4.69, 9.17) is 0 Å². The van der Waals surface area contributed by atoms with E-state index in [1.807, 2.05) is 23.1 Å². The highest BCUT2D eigenvalue weighted by Crippen LogP contribution is 2.51. The van der Waals surface area contributed by atoms with Gasteiger partial charge in [0.1, 0.15) is 4.75 Å². The van der Waals surface area contributed by atoms with Crippen molar-refractivity contribution in [2.24, 2.45) is 28.7 Å². The number of hydrogen-bond acceptors (Lipinski definition) is 3. The van der Waals surface area contributed by atoms with E-state index in [2.05, 4.69) is 11.9 Å². The van der Waals surface area contributed by atoms with E-state index in [0.29, 0.717) is 5.92 Å². The van der Waals surface area contributed by atoms with Crippen LogP contribution in [0.2, 0.25) is 0 Å². The van der Waals surface area contributed by atoms with E-state index in [-0.39, 0.29) is 16.6 Å². The molecule has 4 nitrogen and oxygen atoms in total. The molecule has 3 aliphatic carbocycles. The predicted octanol–water partition coefficient (Wildman–Crippen LogP) is 4.76. The molecule has 0 aromatic carbocycles. The Morgan fingerprint density at radius 2 is 2.07 bits per heavy atom. The second kappa shape index (κ2) is 7.72. The molecule has 0 spiro atoms. The van der Waals surface area contributed by atoms with Crippen molar-refractivity contribution in [1.29, 1.82) is 0 Å². The summed E-state index contributed by atoms with van der Waals surface area (Å²) >= 11 is 1.76. The molecule has 156 valence electrons. The van der Waals surface area contributed by atoms with Gasteiger partial charge in [-0.1, -0.05) is 36.4 Å². The van der Waals surface area contributed by atoms with Gasteiger partial charge in [-0.2, -0.15) is 0 Å². The van der Waals surface area contributed by atoms with Crippen LogP contribution < -0.4 is 0 Å². The van der Waals surface area contributed by atoms with Gasteiger partial charge in [-0.15, -0.1) is 0 Å². The van der Waals surface area contributed by atoms with E-state index in [1.54, 1.807) is 11.8 Å². The molecule has 5 heteroatoms. The fourth-order valence-electron chi connectivity index (χ4n) is 6.33. The number of amides is 2. The molecular formula is C24H32N2O2S. The monoisotopic (exact) mass is 412 g/mol. The van der Waals surface area contributed by atoms with Crippen molar-refractivity contribution >= 4 is 28.6 Å². The molecule has 0 aromatic rings. The maximum atomic E-state index is 12.8. The van der Waals surface area contributed by atoms with Crippen LogP contribution in [-0.4, -0.2) is 39.6 Å². The summed E-state index contributed by atoms with van der Waals surface area (Å²) in [6.45, 7) is 3.73. The normalized spacial score (nSPS) is 36.8. The van der Waals surface area contributed by atoms with Crippen LogP contribution in [-0.2, 0) is 9.59 Å². The summed E-state index contributed by atoms with van der Waals surface area (Å²) in [4.78, 5) is 31.9. The summed E-state index contributed by atoms with van der Waals surface area (Å²) < 4.78 is -0.387. The molecule has 2 amide bonds. The third-order valence-electron chi connectivity index (χ3n) is 7.97. The first-order chi connectivity index (χ1) is 14.0. The summed E-state index contributed by atoms with van der Waals surface area (Å²) in [5, 5.41) is 1.10. The van der Waals surface area contributed by atoms with E-state index >= 15 is 0 Å². The van der Waals surface area contributed by atoms with Gasteiger partial charge in [-0.05, 0) is 82.0 Å². The summed E-state index contributed by atoms with van der Waals surface area (Å²) in [6, 6.07) is 0. The van der Waals surface area contributed by atoms with Crippen LogP contribution in [0.15, 0.2) is 28.8 Å². The molecule has 1 saturated heterocycles. The number of hydrogen-bond donors (Lipinski definition) is 0. The van der Waals surface area contributed by atoms with Crippen LogP contribution in [0.25, 0.3) is 0 Å². The molecule has 0 radical (unpaired) electrons. The molecule has 0 N–H and O–H groups in total. The molecule has 0 aromatic heterocycles. The van der Waals surface area contributed by atoms with Gasteiger partial charge in [-0.3, -0.25) is 9.59 Å². The third-order valence-corrected chi connectivity index (χ3v) is 9.25. The Morgan fingerprint density at radius 1 is 1.24 bits per heavy atom. The first-order valence-electron chi connectivity index (χ1n) is 11.5. The van der Waals surface area contributed by atoms with Gasteiger partial charge in [0.2, 0.25) is 5.91 Å². The predicted molar refractivity (Wildman–Crippen MR) is 118 cm³/mol. The molecule has 4 atom stereocenters. The zero-order chi connectivity index (χ0) is 20.0. The Kier molecular flexibility index (Phi) is 5.21. The Bertz CT molecular complexity index is 793. The number of nitrogens with zero attached hydrogens (tertiary/aromatic N) is 2. The van der Waals surface area contributed by atoms with Gasteiger partial charge in [0, 0.05) is 18.7 Å². The van der Waals surface area contributed by atoms with Gasteiger partial charge in [0.05, 0.1) is 5.04 Å². The smallest absolute Gasteiger partial charge is 0.262 e. The largest absolute Gasteiger partial charge is 0.339 e. The van der Waals surface area contributed by atoms with Crippen LogP contribution in [0, 0.1) is 23.7 Å². The number of fused-ring (bicyclic) bond motifs is 2. The van der Waals surface area contributed by atoms with Crippen molar-refractivity contribution in [3.63, 3.8) is 0 Å². The van der Waals surface area contributed by atoms with Crippen LogP contribution in [0.3, 0.4) is 0 Å². The zero-order valence-electron chi connectivity index (χ0n) is 17.4. The lowest BCUT2D eigenvalue weighted by Gasteiger charge is -2.35. The van der Waals surface area contributed by atoms with Crippen molar-refractivity contribution in [2.45, 2.75) is 69.5 Å². The van der Waals surface area contributed by atoms with Gasteiger partial charge < -0.3 is 4.90 Å². The summed E-state index contributed by atoms with van der Waals surface area (Å²) in [6.07, 6.45) is 16.2. The quantitative estimate of drug-likeness (QED) is 0.654. The topological polar surface area (TPSA) is 49.7 Å². The standard InChI is InChI=1S/C24H32N2O2S/c1-24(15-16-8-10-26(11-9-16)22(27)18-4-2-3-5-18)23(28)25-21(29-24)14-20-13-17-6-7-19(20)12-17/h2-4,16-17,19-20H,5-15H2,1H3/t17-,19+,20-,24?/m1/s1. The van der Waals surface area contributed by atoms with Crippen molar-refractivity contribution in [1.82, 2.24) is 4.90 Å². The Balaban J connectivity index is 1.12. The van der Waals surface area contributed by atoms with Crippen molar-refractivity contribution in [3.8, 4) is 0 Å². The summed E-state index contributed by atoms with van der Waals surface area (Å²) in [5.41, 5.74) is 0.913. The minimum absolute atomic E-state index is 0.0846. The van der Waals surface area contributed by atoms with Crippen LogP contribution in [0.1, 0.15) is 64.7 Å². The maximum absolute atomic E-state index is 12.8. The molecule has 3 fully saturated rings. The number of carbonyl (C=O) groups excluding carboxylic acids is 2. The first kappa shape index (κ1) is 19.6. The van der Waals surface area contributed by atoms with Crippen molar-refractivity contribution < 1.29 is 9.59 Å². The lowest BCUT2D eigenvalue weighted by Crippen LogP contribution is -2.41. The van der Waals surface area contributed by atoms with Crippen LogP contribution in [0.5, 0.6) is 0 Å². The number of thioether (sulfide) groups is 1. The Hall–Kier alpha value is -1.36. The van der Waals surface area contributed by atoms with Gasteiger partial charge in [0.15, 0.2) is 0 Å². The second-order valence-corrected chi connectivity index (χ2v) is 11.6. The number of rotatable bonds is 5. The lowest BCUT2D eigenvalue weighted by atomic mass is 9.86. The second-order valence-electron chi connectivity index (χ2n) is 10.0. The highest BCUT2D eigenvalue weighted by Gasteiger charge is 2.46. The number of aliphatic imine (C=N–C) groups is 1. The molecule has 5 aliphatic rings. The van der Waals surface area contributed by atoms with E-state index < -0.39 is 0 Å². The zero-order valence-corrected chi connectivity index (χ0v) is 18.3. The van der Waals surface area contributed by atoms with Gasteiger partial charge >= 0.3 is 0 Å². The lowest BCUT2D eigenvalue weighted by molar-refractivity contribution is -0.129. The number of carbonyl (C=O) groups is 2. The average molecular weight is 413 g/mol. The molecule has 1 unspecified atom stereocenters. The van der Waals surface area contributed by atoms with E-state index in [0.717, 1.165) is 73.6 Å². The fourth-order valence-corrected chi connectivity index (χ4v) is 7.72. The van der Waals surface area contributed by atoms with Crippen LogP contribution >= 0.6 is 11.8 Å². The number of allylic oxidation sites excluding steroid dienone is 3. The molecule has 29 heavy (non-hydrogen) atoms. The van der Waals surface area contributed by atoms with Crippen LogP contribution in [0.4, 0.5) is 0 Å².